The summed E-state index contributed by atoms with van der Waals surface area (Å²) in [6.45, 7) is 12.6. The molecular weight excluding hydrogens is 600 g/mol. The maximum Gasteiger partial charge on any atom is 0.408 e. The molecule has 2 aliphatic heterocycles. The number of aromatic nitrogens is 4. The summed E-state index contributed by atoms with van der Waals surface area (Å²) >= 11 is 0. The van der Waals surface area contributed by atoms with Crippen molar-refractivity contribution in [3.8, 4) is 34.3 Å². The van der Waals surface area contributed by atoms with E-state index in [1.807, 2.05) is 71.0 Å². The first kappa shape index (κ1) is 35.3. The van der Waals surface area contributed by atoms with Crippen LogP contribution in [-0.4, -0.2) is 45.2 Å². The lowest BCUT2D eigenvalue weighted by Crippen LogP contribution is -2.35. The second kappa shape index (κ2) is 16.2. The molecule has 4 aromatic rings. The fourth-order valence-corrected chi connectivity index (χ4v) is 4.32. The second-order valence-corrected chi connectivity index (χ2v) is 10.7. The van der Waals surface area contributed by atoms with E-state index in [1.54, 1.807) is 6.92 Å². The molecule has 0 saturated heterocycles. The predicted molar refractivity (Wildman–Crippen MR) is 174 cm³/mol. The monoisotopic (exact) mass is 645 g/mol. The number of nitrogens with one attached hydrogen (secondary N) is 1. The Balaban J connectivity index is 0.000000295. The van der Waals surface area contributed by atoms with Gasteiger partial charge in [-0.25, -0.2) is 4.79 Å². The highest BCUT2D eigenvalue weighted by molar-refractivity contribution is 5.85. The van der Waals surface area contributed by atoms with Crippen LogP contribution in [0.4, 0.5) is 4.79 Å². The fourth-order valence-electron chi connectivity index (χ4n) is 4.32. The molecule has 6 rings (SSSR count). The Morgan fingerprint density at radius 1 is 0.956 bits per heavy atom. The van der Waals surface area contributed by atoms with E-state index in [9.17, 15) is 4.79 Å². The molecule has 0 radical (unpaired) electrons. The first-order chi connectivity index (χ1) is 21.0. The number of amides is 1. The van der Waals surface area contributed by atoms with Crippen molar-refractivity contribution in [2.24, 2.45) is 5.73 Å². The number of halogens is 1. The van der Waals surface area contributed by atoms with Crippen LogP contribution in [-0.2, 0) is 17.6 Å². The number of nitrogens with zero attached hydrogens (tertiary/aromatic N) is 4. The van der Waals surface area contributed by atoms with Gasteiger partial charge in [-0.15, -0.1) is 12.4 Å². The Hall–Kier alpha value is -4.16. The van der Waals surface area contributed by atoms with Crippen molar-refractivity contribution >= 4 is 18.5 Å². The molecule has 0 aliphatic carbocycles. The number of hydrogen-bond acceptors (Lipinski definition) is 11. The molecule has 0 fully saturated rings. The van der Waals surface area contributed by atoms with E-state index < -0.39 is 11.7 Å². The molecule has 2 aromatic heterocycles. The summed E-state index contributed by atoms with van der Waals surface area (Å²) in [5, 5.41) is 10.7. The van der Waals surface area contributed by atoms with Crippen molar-refractivity contribution in [1.82, 2.24) is 25.6 Å². The van der Waals surface area contributed by atoms with Gasteiger partial charge in [0.05, 0.1) is 12.1 Å². The molecule has 45 heavy (non-hydrogen) atoms. The number of benzene rings is 2. The van der Waals surface area contributed by atoms with Crippen molar-refractivity contribution in [2.45, 2.75) is 86.4 Å². The smallest absolute Gasteiger partial charge is 0.408 e. The van der Waals surface area contributed by atoms with Gasteiger partial charge >= 0.3 is 6.09 Å². The van der Waals surface area contributed by atoms with Gasteiger partial charge in [0.25, 0.3) is 0 Å². The van der Waals surface area contributed by atoms with E-state index in [0.717, 1.165) is 34.4 Å². The number of alkyl carbamates (subject to hydrolysis) is 1. The number of rotatable bonds is 5. The molecule has 0 spiro atoms. The number of fused-ring (bicyclic) bond motifs is 2. The molecule has 0 saturated carbocycles. The fraction of sp³-hybridized carbons (Fsp3) is 0.469. The SMILES string of the molecule is C.CCc1nc(-c2ccc3c(c2)OC[C@H]3N)no1.CCc1nc(-c2ccc3c(c2)OC[C@H]3NC(=O)OC(C)(C)C)no1.Cl.[2H]CC. The topological polar surface area (TPSA) is 161 Å². The van der Waals surface area contributed by atoms with Gasteiger partial charge < -0.3 is 34.3 Å². The van der Waals surface area contributed by atoms with Crippen LogP contribution >= 0.6 is 12.4 Å². The van der Waals surface area contributed by atoms with Gasteiger partial charge in [0, 0.05) is 36.5 Å². The Labute approximate surface area is 272 Å². The molecule has 4 heterocycles. The number of hydrogen-bond donors (Lipinski definition) is 2. The van der Waals surface area contributed by atoms with Gasteiger partial charge in [0.15, 0.2) is 0 Å². The zero-order valence-electron chi connectivity index (χ0n) is 26.9. The molecule has 13 heteroatoms. The third-order valence-corrected chi connectivity index (χ3v) is 6.37. The van der Waals surface area contributed by atoms with Gasteiger partial charge in [-0.3, -0.25) is 0 Å². The largest absolute Gasteiger partial charge is 0.491 e. The van der Waals surface area contributed by atoms with Crippen LogP contribution in [0.3, 0.4) is 0 Å². The summed E-state index contributed by atoms with van der Waals surface area (Å²) in [5.41, 5.74) is 9.00. The van der Waals surface area contributed by atoms with Crippen LogP contribution in [0.2, 0.25) is 0 Å². The van der Waals surface area contributed by atoms with Crippen LogP contribution in [0.15, 0.2) is 45.4 Å². The lowest BCUT2D eigenvalue weighted by Gasteiger charge is -2.21. The first-order valence-corrected chi connectivity index (χ1v) is 14.3. The molecular formula is C32H45ClN6O6. The number of ether oxygens (including phenoxy) is 3. The Morgan fingerprint density at radius 3 is 1.93 bits per heavy atom. The highest BCUT2D eigenvalue weighted by Crippen LogP contribution is 2.36. The zero-order valence-corrected chi connectivity index (χ0v) is 26.7. The average Bonchev–Trinajstić information content (AvgIpc) is 3.80. The molecule has 0 bridgehead atoms. The molecule has 12 nitrogen and oxygen atoms in total. The normalized spacial score (nSPS) is 15.9. The Morgan fingerprint density at radius 2 is 1.44 bits per heavy atom. The van der Waals surface area contributed by atoms with Crippen molar-refractivity contribution in [1.29, 1.82) is 0 Å². The van der Waals surface area contributed by atoms with Crippen LogP contribution < -0.4 is 20.5 Å². The van der Waals surface area contributed by atoms with E-state index in [-0.39, 0.29) is 31.9 Å². The molecule has 1 amide bonds. The van der Waals surface area contributed by atoms with Crippen molar-refractivity contribution in [3.05, 3.63) is 59.3 Å². The lowest BCUT2D eigenvalue weighted by atomic mass is 10.1. The van der Waals surface area contributed by atoms with Gasteiger partial charge in [0.1, 0.15) is 30.3 Å². The third kappa shape index (κ3) is 9.18. The maximum atomic E-state index is 11.9. The summed E-state index contributed by atoms with van der Waals surface area (Å²) in [4.78, 5) is 20.5. The van der Waals surface area contributed by atoms with Gasteiger partial charge in [-0.05, 0) is 32.9 Å². The van der Waals surface area contributed by atoms with Crippen molar-refractivity contribution in [3.63, 3.8) is 0 Å². The second-order valence-electron chi connectivity index (χ2n) is 10.7. The highest BCUT2D eigenvalue weighted by atomic mass is 35.5. The minimum absolute atomic E-state index is 0. The summed E-state index contributed by atoms with van der Waals surface area (Å²) < 4.78 is 32.9. The predicted octanol–water partition coefficient (Wildman–Crippen LogP) is 7.03. The van der Waals surface area contributed by atoms with Crippen LogP contribution in [0.1, 0.15) is 92.2 Å². The van der Waals surface area contributed by atoms with E-state index in [0.29, 0.717) is 55.7 Å². The molecule has 3 N–H and O–H groups in total. The molecule has 2 aliphatic rings. The van der Waals surface area contributed by atoms with E-state index >= 15 is 0 Å². The molecule has 246 valence electrons. The summed E-state index contributed by atoms with van der Waals surface area (Å²) in [6, 6.07) is 11.2. The first-order valence-electron chi connectivity index (χ1n) is 15.0. The quantitative estimate of drug-likeness (QED) is 0.229. The third-order valence-electron chi connectivity index (χ3n) is 6.37. The summed E-state index contributed by atoms with van der Waals surface area (Å²) in [5.74, 6) is 3.87. The van der Waals surface area contributed by atoms with Crippen molar-refractivity contribution in [2.75, 3.05) is 13.2 Å². The average molecular weight is 646 g/mol. The lowest BCUT2D eigenvalue weighted by molar-refractivity contribution is 0.0497. The maximum absolute atomic E-state index is 11.9. The zero-order chi connectivity index (χ0) is 31.9. The minimum atomic E-state index is -0.536. The Bertz CT molecular complexity index is 1560. The number of carbonyl (C=O) groups is 1. The van der Waals surface area contributed by atoms with Crippen molar-refractivity contribution < 1.29 is 29.4 Å². The van der Waals surface area contributed by atoms with E-state index in [4.69, 9.17) is 30.4 Å². The molecule has 2 aromatic carbocycles. The minimum Gasteiger partial charge on any atom is -0.491 e. The highest BCUT2D eigenvalue weighted by Gasteiger charge is 2.28. The van der Waals surface area contributed by atoms with Crippen LogP contribution in [0.25, 0.3) is 22.8 Å². The summed E-state index contributed by atoms with van der Waals surface area (Å²) in [6.07, 6.45) is 0.967. The Kier molecular flexibility index (Phi) is 12.7. The van der Waals surface area contributed by atoms with Gasteiger partial charge in [-0.1, -0.05) is 69.7 Å². The number of aryl methyl sites for hydroxylation is 2. The summed E-state index contributed by atoms with van der Waals surface area (Å²) in [7, 11) is 0. The number of nitrogens with two attached hydrogens (primary N) is 1. The number of carbonyl (C=O) groups excluding carboxylic acids is 1. The van der Waals surface area contributed by atoms with Crippen LogP contribution in [0, 0.1) is 0 Å². The van der Waals surface area contributed by atoms with E-state index in [2.05, 4.69) is 25.6 Å². The van der Waals surface area contributed by atoms with Crippen LogP contribution in [0.5, 0.6) is 11.5 Å². The van der Waals surface area contributed by atoms with E-state index in [1.165, 1.54) is 0 Å². The molecule has 2 atom stereocenters. The standard InChI is InChI=1S/C17H21N3O4.C12H13N3O2.C2H6.CH4.ClH/c1-5-14-19-15(20-24-14)10-6-7-11-12(9-22-13(11)8-10)18-16(21)23-17(2,3)4;1-2-11-14-12(15-17-11)7-3-4-8-9(13)6-16-10(8)5-7;1-2;;/h6-8,12H,5,9H2,1-4H3,(H,18,21);3-5,9H,2,6,13H2,1H3;1-2H3;1H4;1H/t12-;9-;;;/m11.../s1/i;;1D;;. The molecule has 0 unspecified atom stereocenters. The van der Waals surface area contributed by atoms with Gasteiger partial charge in [0.2, 0.25) is 23.4 Å². The van der Waals surface area contributed by atoms with Gasteiger partial charge in [-0.2, -0.15) is 9.97 Å².